The number of nitrogens with zero attached hydrogens (tertiary/aromatic N) is 3. The maximum Gasteiger partial charge on any atom is 0.160 e. The Balaban J connectivity index is 0.000000132. The van der Waals surface area contributed by atoms with Crippen LogP contribution in [0.1, 0.15) is 5.69 Å². The van der Waals surface area contributed by atoms with Gasteiger partial charge in [0.1, 0.15) is 0 Å². The van der Waals surface area contributed by atoms with E-state index < -0.39 is 0 Å². The van der Waals surface area contributed by atoms with E-state index in [2.05, 4.69) is 15.3 Å². The minimum Gasteiger partial charge on any atom is -0.283 e. The molecule has 0 saturated heterocycles. The zero-order valence-corrected chi connectivity index (χ0v) is 7.53. The molecule has 0 aliphatic carbocycles. The molecule has 0 saturated carbocycles. The molecule has 0 aromatic carbocycles. The number of hydrogen-bond donors (Lipinski definition) is 1. The summed E-state index contributed by atoms with van der Waals surface area (Å²) in [6, 6.07) is 1.97. The standard InChI is InChI=1S/C5H8N2.C3H3FN2/c1-5-3-4-6-7(5)2;4-3-1-5-6-2-3/h3-4H,1-2H3;1-2H,(H,5,6). The summed E-state index contributed by atoms with van der Waals surface area (Å²) in [4.78, 5) is 0. The van der Waals surface area contributed by atoms with Gasteiger partial charge in [-0.2, -0.15) is 10.2 Å². The zero-order chi connectivity index (χ0) is 9.68. The van der Waals surface area contributed by atoms with Crippen LogP contribution in [0.25, 0.3) is 0 Å². The zero-order valence-electron chi connectivity index (χ0n) is 7.53. The summed E-state index contributed by atoms with van der Waals surface area (Å²) >= 11 is 0. The van der Waals surface area contributed by atoms with Crippen molar-refractivity contribution in [2.75, 3.05) is 0 Å². The van der Waals surface area contributed by atoms with E-state index in [1.807, 2.05) is 24.7 Å². The molecular formula is C8H11FN4. The Kier molecular flexibility index (Phi) is 3.19. The van der Waals surface area contributed by atoms with Gasteiger partial charge >= 0.3 is 0 Å². The monoisotopic (exact) mass is 182 g/mol. The van der Waals surface area contributed by atoms with Crippen molar-refractivity contribution in [2.24, 2.45) is 7.05 Å². The molecule has 0 bridgehead atoms. The summed E-state index contributed by atoms with van der Waals surface area (Å²) in [6.07, 6.45) is 4.08. The van der Waals surface area contributed by atoms with Crippen LogP contribution in [0.3, 0.4) is 0 Å². The lowest BCUT2D eigenvalue weighted by molar-refractivity contribution is 0.628. The van der Waals surface area contributed by atoms with Gasteiger partial charge < -0.3 is 0 Å². The van der Waals surface area contributed by atoms with Gasteiger partial charge in [0.15, 0.2) is 5.82 Å². The fourth-order valence-electron chi connectivity index (χ4n) is 0.675. The fourth-order valence-corrected chi connectivity index (χ4v) is 0.675. The first-order valence-electron chi connectivity index (χ1n) is 3.79. The van der Waals surface area contributed by atoms with Gasteiger partial charge in [0.05, 0.1) is 12.4 Å². The highest BCUT2D eigenvalue weighted by Gasteiger charge is 1.83. The van der Waals surface area contributed by atoms with Gasteiger partial charge in [-0.15, -0.1) is 0 Å². The maximum absolute atomic E-state index is 11.6. The van der Waals surface area contributed by atoms with Crippen molar-refractivity contribution in [3.63, 3.8) is 0 Å². The molecule has 2 aromatic rings. The van der Waals surface area contributed by atoms with Crippen LogP contribution >= 0.6 is 0 Å². The molecule has 0 atom stereocenters. The SMILES string of the molecule is Cc1ccnn1C.Fc1cn[nH]c1. The first-order chi connectivity index (χ1) is 6.20. The van der Waals surface area contributed by atoms with E-state index in [0.29, 0.717) is 0 Å². The molecule has 2 aromatic heterocycles. The average molecular weight is 182 g/mol. The van der Waals surface area contributed by atoms with Crippen molar-refractivity contribution in [3.8, 4) is 0 Å². The van der Waals surface area contributed by atoms with Crippen LogP contribution in [0.4, 0.5) is 4.39 Å². The molecular weight excluding hydrogens is 171 g/mol. The van der Waals surface area contributed by atoms with E-state index >= 15 is 0 Å². The molecule has 0 unspecified atom stereocenters. The van der Waals surface area contributed by atoms with Crippen LogP contribution in [0.2, 0.25) is 0 Å². The summed E-state index contributed by atoms with van der Waals surface area (Å²) in [5, 5.41) is 9.56. The Morgan fingerprint density at radius 3 is 2.46 bits per heavy atom. The van der Waals surface area contributed by atoms with Crippen LogP contribution in [0, 0.1) is 12.7 Å². The smallest absolute Gasteiger partial charge is 0.160 e. The van der Waals surface area contributed by atoms with E-state index in [1.54, 1.807) is 6.20 Å². The van der Waals surface area contributed by atoms with Crippen LogP contribution in [0.5, 0.6) is 0 Å². The lowest BCUT2D eigenvalue weighted by atomic mass is 10.5. The Labute approximate surface area is 75.4 Å². The van der Waals surface area contributed by atoms with Gasteiger partial charge in [-0.3, -0.25) is 9.78 Å². The van der Waals surface area contributed by atoms with E-state index in [0.717, 1.165) is 6.20 Å². The molecule has 4 nitrogen and oxygen atoms in total. The van der Waals surface area contributed by atoms with Crippen LogP contribution in [-0.2, 0) is 7.05 Å². The van der Waals surface area contributed by atoms with Crippen LogP contribution in [0.15, 0.2) is 24.7 Å². The van der Waals surface area contributed by atoms with Gasteiger partial charge in [0, 0.05) is 18.9 Å². The largest absolute Gasteiger partial charge is 0.283 e. The summed E-state index contributed by atoms with van der Waals surface area (Å²) in [6.45, 7) is 2.02. The second-order valence-electron chi connectivity index (χ2n) is 2.51. The van der Waals surface area contributed by atoms with Crippen molar-refractivity contribution in [2.45, 2.75) is 6.92 Å². The fraction of sp³-hybridized carbons (Fsp3) is 0.250. The first-order valence-corrected chi connectivity index (χ1v) is 3.79. The normalized spacial score (nSPS) is 9.15. The van der Waals surface area contributed by atoms with E-state index in [-0.39, 0.29) is 5.82 Å². The van der Waals surface area contributed by atoms with Gasteiger partial charge in [-0.05, 0) is 13.0 Å². The number of aromatic nitrogens is 4. The van der Waals surface area contributed by atoms with Gasteiger partial charge in [-0.1, -0.05) is 0 Å². The minimum absolute atomic E-state index is 0.324. The number of nitrogens with one attached hydrogen (secondary N) is 1. The molecule has 0 spiro atoms. The van der Waals surface area contributed by atoms with Gasteiger partial charge in [0.25, 0.3) is 0 Å². The van der Waals surface area contributed by atoms with E-state index in [4.69, 9.17) is 0 Å². The summed E-state index contributed by atoms with van der Waals surface area (Å²) < 4.78 is 13.4. The quantitative estimate of drug-likeness (QED) is 0.667. The molecule has 1 N–H and O–H groups in total. The highest BCUT2D eigenvalue weighted by molar-refractivity contribution is 4.94. The number of aryl methyl sites for hydroxylation is 2. The van der Waals surface area contributed by atoms with Crippen molar-refractivity contribution in [1.82, 2.24) is 20.0 Å². The predicted molar refractivity (Wildman–Crippen MR) is 46.5 cm³/mol. The first kappa shape index (κ1) is 9.44. The molecule has 70 valence electrons. The van der Waals surface area contributed by atoms with E-state index in [1.165, 1.54) is 11.9 Å². The Bertz CT molecular complexity index is 322. The molecule has 0 amide bonds. The molecule has 0 fully saturated rings. The maximum atomic E-state index is 11.6. The molecule has 0 radical (unpaired) electrons. The Hall–Kier alpha value is -1.65. The highest BCUT2D eigenvalue weighted by Crippen LogP contribution is 1.88. The van der Waals surface area contributed by atoms with Crippen molar-refractivity contribution in [1.29, 1.82) is 0 Å². The summed E-state index contributed by atoms with van der Waals surface area (Å²) in [7, 11) is 1.93. The second kappa shape index (κ2) is 4.39. The van der Waals surface area contributed by atoms with Crippen molar-refractivity contribution >= 4 is 0 Å². The number of hydrogen-bond acceptors (Lipinski definition) is 2. The van der Waals surface area contributed by atoms with Crippen LogP contribution in [-0.4, -0.2) is 20.0 Å². The Morgan fingerprint density at radius 2 is 2.31 bits per heavy atom. The molecule has 13 heavy (non-hydrogen) atoms. The third kappa shape index (κ3) is 3.06. The molecule has 0 aliphatic rings. The third-order valence-electron chi connectivity index (χ3n) is 1.53. The minimum atomic E-state index is -0.324. The topological polar surface area (TPSA) is 46.5 Å². The average Bonchev–Trinajstić information content (AvgIpc) is 2.67. The molecule has 0 aliphatic heterocycles. The summed E-state index contributed by atoms with van der Waals surface area (Å²) in [5.74, 6) is -0.324. The number of aromatic amines is 1. The molecule has 2 rings (SSSR count). The Morgan fingerprint density at radius 1 is 1.54 bits per heavy atom. The number of halogens is 1. The van der Waals surface area contributed by atoms with Crippen molar-refractivity contribution in [3.05, 3.63) is 36.2 Å². The van der Waals surface area contributed by atoms with Crippen molar-refractivity contribution < 1.29 is 4.39 Å². The number of rotatable bonds is 0. The number of H-pyrrole nitrogens is 1. The predicted octanol–water partition coefficient (Wildman–Crippen LogP) is 1.28. The van der Waals surface area contributed by atoms with Gasteiger partial charge in [-0.25, -0.2) is 4.39 Å². The lowest BCUT2D eigenvalue weighted by Crippen LogP contribution is -1.90. The highest BCUT2D eigenvalue weighted by atomic mass is 19.1. The van der Waals surface area contributed by atoms with E-state index in [9.17, 15) is 4.39 Å². The van der Waals surface area contributed by atoms with Gasteiger partial charge in [0.2, 0.25) is 0 Å². The summed E-state index contributed by atoms with van der Waals surface area (Å²) in [5.41, 5.74) is 1.19. The third-order valence-corrected chi connectivity index (χ3v) is 1.53. The molecule has 5 heteroatoms. The second-order valence-corrected chi connectivity index (χ2v) is 2.51. The lowest BCUT2D eigenvalue weighted by Gasteiger charge is -1.87. The molecule has 2 heterocycles. The van der Waals surface area contributed by atoms with Crippen LogP contribution < -0.4 is 0 Å².